The Kier molecular flexibility index (Phi) is 4.19. The zero-order chi connectivity index (χ0) is 18.1. The van der Waals surface area contributed by atoms with E-state index >= 15 is 0 Å². The van der Waals surface area contributed by atoms with Gasteiger partial charge < -0.3 is 15.2 Å². The van der Waals surface area contributed by atoms with Gasteiger partial charge in [0, 0.05) is 43.7 Å². The normalized spacial score (nSPS) is 17.5. The largest absolute Gasteiger partial charge is 0.364 e. The Hall–Kier alpha value is -3.10. The molecule has 0 unspecified atom stereocenters. The topological polar surface area (TPSA) is 86.8 Å². The molecular formula is C17H16F2N6O. The second-order valence-electron chi connectivity index (χ2n) is 6.18. The van der Waals surface area contributed by atoms with Crippen molar-refractivity contribution in [2.24, 2.45) is 0 Å². The highest BCUT2D eigenvalue weighted by molar-refractivity contribution is 5.75. The van der Waals surface area contributed by atoms with Crippen molar-refractivity contribution in [3.63, 3.8) is 0 Å². The SMILES string of the molecule is O=c1[nH]ccnc1N1CCC[C@H](Nc2cnc3cc(F)c(F)cc3n2)C1. The summed E-state index contributed by atoms with van der Waals surface area (Å²) < 4.78 is 26.7. The van der Waals surface area contributed by atoms with Gasteiger partial charge in [-0.05, 0) is 12.8 Å². The number of nitrogens with zero attached hydrogens (tertiary/aromatic N) is 4. The third kappa shape index (κ3) is 3.19. The van der Waals surface area contributed by atoms with E-state index in [9.17, 15) is 13.6 Å². The number of halogens is 2. The number of benzene rings is 1. The molecule has 2 N–H and O–H groups in total. The average Bonchev–Trinajstić information content (AvgIpc) is 2.64. The zero-order valence-corrected chi connectivity index (χ0v) is 13.7. The highest BCUT2D eigenvalue weighted by atomic mass is 19.2. The summed E-state index contributed by atoms with van der Waals surface area (Å²) in [6, 6.07) is 2.09. The quantitative estimate of drug-likeness (QED) is 0.745. The number of fused-ring (bicyclic) bond motifs is 1. The molecule has 3 aromatic rings. The average molecular weight is 358 g/mol. The molecular weight excluding hydrogens is 342 g/mol. The molecule has 1 aliphatic heterocycles. The van der Waals surface area contributed by atoms with Gasteiger partial charge in [-0.15, -0.1) is 0 Å². The number of hydrogen-bond acceptors (Lipinski definition) is 6. The van der Waals surface area contributed by atoms with Crippen molar-refractivity contribution in [2.45, 2.75) is 18.9 Å². The summed E-state index contributed by atoms with van der Waals surface area (Å²) in [5, 5.41) is 3.25. The summed E-state index contributed by atoms with van der Waals surface area (Å²) in [4.78, 5) is 29.0. The summed E-state index contributed by atoms with van der Waals surface area (Å²) >= 11 is 0. The predicted octanol–water partition coefficient (Wildman–Crippen LogP) is 2.07. The molecule has 1 aliphatic rings. The van der Waals surface area contributed by atoms with Crippen LogP contribution in [-0.2, 0) is 0 Å². The Morgan fingerprint density at radius 2 is 2.00 bits per heavy atom. The molecule has 0 aliphatic carbocycles. The Bertz CT molecular complexity index is 1010. The van der Waals surface area contributed by atoms with Gasteiger partial charge >= 0.3 is 0 Å². The summed E-state index contributed by atoms with van der Waals surface area (Å²) in [6.07, 6.45) is 6.31. The molecule has 134 valence electrons. The number of H-pyrrole nitrogens is 1. The molecule has 2 aromatic heterocycles. The van der Waals surface area contributed by atoms with Gasteiger partial charge in [0.2, 0.25) is 0 Å². The molecule has 0 saturated carbocycles. The monoisotopic (exact) mass is 358 g/mol. The smallest absolute Gasteiger partial charge is 0.290 e. The van der Waals surface area contributed by atoms with E-state index in [1.165, 1.54) is 12.4 Å². The van der Waals surface area contributed by atoms with E-state index in [2.05, 4.69) is 25.3 Å². The van der Waals surface area contributed by atoms with Crippen molar-refractivity contribution < 1.29 is 8.78 Å². The van der Waals surface area contributed by atoms with E-state index in [1.807, 2.05) is 4.90 Å². The van der Waals surface area contributed by atoms with Gasteiger partial charge in [0.25, 0.3) is 5.56 Å². The van der Waals surface area contributed by atoms with Crippen molar-refractivity contribution >= 4 is 22.7 Å². The van der Waals surface area contributed by atoms with Gasteiger partial charge in [0.05, 0.1) is 17.2 Å². The molecule has 0 bridgehead atoms. The van der Waals surface area contributed by atoms with Crippen molar-refractivity contribution in [2.75, 3.05) is 23.3 Å². The number of aromatic amines is 1. The number of aromatic nitrogens is 4. The van der Waals surface area contributed by atoms with Crippen LogP contribution in [0.15, 0.2) is 35.5 Å². The van der Waals surface area contributed by atoms with E-state index < -0.39 is 11.6 Å². The minimum Gasteiger partial charge on any atom is -0.364 e. The molecule has 1 atom stereocenters. The van der Waals surface area contributed by atoms with E-state index in [1.54, 1.807) is 6.20 Å². The molecule has 1 aromatic carbocycles. The van der Waals surface area contributed by atoms with Crippen LogP contribution < -0.4 is 15.8 Å². The fourth-order valence-corrected chi connectivity index (χ4v) is 3.14. The van der Waals surface area contributed by atoms with Gasteiger partial charge in [0.1, 0.15) is 5.82 Å². The van der Waals surface area contributed by atoms with Gasteiger partial charge in [-0.25, -0.2) is 18.7 Å². The van der Waals surface area contributed by atoms with Crippen LogP contribution in [0, 0.1) is 11.6 Å². The van der Waals surface area contributed by atoms with Gasteiger partial charge in [-0.2, -0.15) is 0 Å². The van der Waals surface area contributed by atoms with Crippen LogP contribution >= 0.6 is 0 Å². The molecule has 26 heavy (non-hydrogen) atoms. The first kappa shape index (κ1) is 16.4. The van der Waals surface area contributed by atoms with Crippen LogP contribution in [0.1, 0.15) is 12.8 Å². The number of rotatable bonds is 3. The molecule has 0 spiro atoms. The van der Waals surface area contributed by atoms with E-state index in [0.29, 0.717) is 23.7 Å². The number of hydrogen-bond donors (Lipinski definition) is 2. The van der Waals surface area contributed by atoms with Crippen LogP contribution in [0.25, 0.3) is 11.0 Å². The third-order valence-electron chi connectivity index (χ3n) is 4.35. The Labute approximate surface area is 147 Å². The van der Waals surface area contributed by atoms with Crippen molar-refractivity contribution in [3.8, 4) is 0 Å². The molecule has 0 radical (unpaired) electrons. The number of anilines is 2. The number of nitrogens with one attached hydrogen (secondary N) is 2. The lowest BCUT2D eigenvalue weighted by molar-refractivity contribution is 0.510. The first-order valence-corrected chi connectivity index (χ1v) is 8.27. The fraction of sp³-hybridized carbons (Fsp3) is 0.294. The van der Waals surface area contributed by atoms with Crippen LogP contribution in [0.2, 0.25) is 0 Å². The maximum absolute atomic E-state index is 13.4. The summed E-state index contributed by atoms with van der Waals surface area (Å²) in [5.41, 5.74) is 0.346. The second-order valence-corrected chi connectivity index (χ2v) is 6.18. The van der Waals surface area contributed by atoms with Crippen LogP contribution in [-0.4, -0.2) is 39.1 Å². The van der Waals surface area contributed by atoms with Crippen molar-refractivity contribution in [1.29, 1.82) is 0 Å². The van der Waals surface area contributed by atoms with Crippen LogP contribution in [0.3, 0.4) is 0 Å². The van der Waals surface area contributed by atoms with E-state index in [0.717, 1.165) is 31.5 Å². The first-order valence-electron chi connectivity index (χ1n) is 8.27. The number of piperidine rings is 1. The highest BCUT2D eigenvalue weighted by Crippen LogP contribution is 2.20. The maximum Gasteiger partial charge on any atom is 0.290 e. The van der Waals surface area contributed by atoms with Crippen molar-refractivity contribution in [1.82, 2.24) is 19.9 Å². The van der Waals surface area contributed by atoms with Gasteiger partial charge in [0.15, 0.2) is 17.5 Å². The van der Waals surface area contributed by atoms with E-state index in [-0.39, 0.29) is 17.1 Å². The molecule has 7 nitrogen and oxygen atoms in total. The van der Waals surface area contributed by atoms with Crippen molar-refractivity contribution in [3.05, 3.63) is 52.7 Å². The minimum absolute atomic E-state index is 0.0298. The zero-order valence-electron chi connectivity index (χ0n) is 13.7. The summed E-state index contributed by atoms with van der Waals surface area (Å²) in [5.74, 6) is -1.04. The standard InChI is InChI=1S/C17H16F2N6O/c18-11-6-13-14(7-12(11)19)24-15(8-22-13)23-10-2-1-5-25(9-10)16-17(26)21-4-3-20-16/h3-4,6-8,10H,1-2,5,9H2,(H,21,26)(H,23,24)/t10-/m0/s1. The minimum atomic E-state index is -0.956. The predicted molar refractivity (Wildman–Crippen MR) is 93.2 cm³/mol. The molecule has 1 fully saturated rings. The van der Waals surface area contributed by atoms with E-state index in [4.69, 9.17) is 0 Å². The van der Waals surface area contributed by atoms with Crippen LogP contribution in [0.4, 0.5) is 20.4 Å². The Balaban J connectivity index is 1.53. The lowest BCUT2D eigenvalue weighted by Crippen LogP contribution is -2.44. The second kappa shape index (κ2) is 6.66. The molecule has 3 heterocycles. The lowest BCUT2D eigenvalue weighted by atomic mass is 10.1. The lowest BCUT2D eigenvalue weighted by Gasteiger charge is -2.33. The highest BCUT2D eigenvalue weighted by Gasteiger charge is 2.23. The fourth-order valence-electron chi connectivity index (χ4n) is 3.14. The van der Waals surface area contributed by atoms with Gasteiger partial charge in [-0.1, -0.05) is 0 Å². The summed E-state index contributed by atoms with van der Waals surface area (Å²) in [6.45, 7) is 1.32. The summed E-state index contributed by atoms with van der Waals surface area (Å²) in [7, 11) is 0. The Morgan fingerprint density at radius 1 is 1.19 bits per heavy atom. The Morgan fingerprint density at radius 3 is 2.81 bits per heavy atom. The first-order chi connectivity index (χ1) is 12.6. The molecule has 1 saturated heterocycles. The van der Waals surface area contributed by atoms with Gasteiger partial charge in [-0.3, -0.25) is 9.78 Å². The molecule has 4 rings (SSSR count). The molecule has 9 heteroatoms. The third-order valence-corrected chi connectivity index (χ3v) is 4.35. The molecule has 0 amide bonds. The van der Waals surface area contributed by atoms with Crippen LogP contribution in [0.5, 0.6) is 0 Å². The maximum atomic E-state index is 13.4.